The van der Waals surface area contributed by atoms with E-state index in [1.807, 2.05) is 54.6 Å². The zero-order valence-corrected chi connectivity index (χ0v) is 26.3. The predicted octanol–water partition coefficient (Wildman–Crippen LogP) is 11.9. The molecule has 0 spiro atoms. The first kappa shape index (κ1) is 27.5. The van der Waals surface area contributed by atoms with Gasteiger partial charge in [-0.25, -0.2) is 15.0 Å². The highest BCUT2D eigenvalue weighted by Gasteiger charge is 2.16. The summed E-state index contributed by atoms with van der Waals surface area (Å²) < 4.78 is 6.16. The third-order valence-electron chi connectivity index (χ3n) is 9.53. The van der Waals surface area contributed by atoms with Gasteiger partial charge in [-0.3, -0.25) is 0 Å². The molecular weight excluding hydrogens is 599 g/mol. The van der Waals surface area contributed by atoms with Crippen LogP contribution in [0.15, 0.2) is 168 Å². The van der Waals surface area contributed by atoms with E-state index in [2.05, 4.69) is 109 Å². The minimum Gasteiger partial charge on any atom is -0.456 e. The van der Waals surface area contributed by atoms with Crippen LogP contribution in [-0.4, -0.2) is 15.0 Å². The molecule has 49 heavy (non-hydrogen) atoms. The first-order valence-electron chi connectivity index (χ1n) is 16.4. The van der Waals surface area contributed by atoms with Crippen LogP contribution in [0.1, 0.15) is 0 Å². The van der Waals surface area contributed by atoms with Crippen LogP contribution in [0.4, 0.5) is 0 Å². The maximum atomic E-state index is 6.16. The Morgan fingerprint density at radius 1 is 0.306 bits per heavy atom. The lowest BCUT2D eigenvalue weighted by molar-refractivity contribution is 0.669. The van der Waals surface area contributed by atoms with Gasteiger partial charge in [-0.15, -0.1) is 0 Å². The van der Waals surface area contributed by atoms with E-state index in [4.69, 9.17) is 19.4 Å². The summed E-state index contributed by atoms with van der Waals surface area (Å²) in [6.07, 6.45) is 0. The molecule has 2 aromatic heterocycles. The van der Waals surface area contributed by atoms with Crippen LogP contribution in [0.2, 0.25) is 0 Å². The number of hydrogen-bond acceptors (Lipinski definition) is 4. The number of para-hydroxylation sites is 1. The molecule has 0 fully saturated rings. The first-order chi connectivity index (χ1) is 24.3. The van der Waals surface area contributed by atoms with E-state index in [1.165, 1.54) is 32.3 Å². The molecule has 0 N–H and O–H groups in total. The van der Waals surface area contributed by atoms with E-state index in [-0.39, 0.29) is 0 Å². The van der Waals surface area contributed by atoms with Crippen molar-refractivity contribution < 1.29 is 4.42 Å². The summed E-state index contributed by atoms with van der Waals surface area (Å²) in [6.45, 7) is 0. The molecule has 228 valence electrons. The molecule has 4 nitrogen and oxygen atoms in total. The van der Waals surface area contributed by atoms with E-state index in [1.54, 1.807) is 0 Å². The highest BCUT2D eigenvalue weighted by Crippen LogP contribution is 2.39. The van der Waals surface area contributed by atoms with E-state index >= 15 is 0 Å². The van der Waals surface area contributed by atoms with Gasteiger partial charge in [0, 0.05) is 27.5 Å². The zero-order chi connectivity index (χ0) is 32.3. The number of rotatable bonds is 4. The standard InChI is InChI=1S/C45H27N3O/c1-2-11-29(12-3-1)43-46-44(30-23-21-28(22-24-30)32-18-10-20-41-42(32)38-17-8-9-19-40(38)49-41)48-45(47-43)31-25-26-37-35-15-5-4-13-33(35)34-14-6-7-16-36(34)39(37)27-31/h1-27H. The maximum absolute atomic E-state index is 6.16. The lowest BCUT2D eigenvalue weighted by atomic mass is 9.93. The summed E-state index contributed by atoms with van der Waals surface area (Å²) in [5, 5.41) is 9.58. The van der Waals surface area contributed by atoms with Gasteiger partial charge in [0.25, 0.3) is 0 Å². The summed E-state index contributed by atoms with van der Waals surface area (Å²) >= 11 is 0. The van der Waals surface area contributed by atoms with E-state index < -0.39 is 0 Å². The molecule has 0 radical (unpaired) electrons. The van der Waals surface area contributed by atoms with Gasteiger partial charge in [0.05, 0.1) is 0 Å². The van der Waals surface area contributed by atoms with Gasteiger partial charge in [-0.2, -0.15) is 0 Å². The van der Waals surface area contributed by atoms with Crippen molar-refractivity contribution in [3.63, 3.8) is 0 Å². The minimum absolute atomic E-state index is 0.630. The fraction of sp³-hybridized carbons (Fsp3) is 0. The van der Waals surface area contributed by atoms with Crippen molar-refractivity contribution in [3.05, 3.63) is 164 Å². The second kappa shape index (κ2) is 11.0. The van der Waals surface area contributed by atoms with E-state index in [0.29, 0.717) is 17.5 Å². The normalized spacial score (nSPS) is 11.7. The van der Waals surface area contributed by atoms with Crippen LogP contribution in [0.5, 0.6) is 0 Å². The van der Waals surface area contributed by atoms with Crippen molar-refractivity contribution in [1.82, 2.24) is 15.0 Å². The van der Waals surface area contributed by atoms with E-state index in [9.17, 15) is 0 Å². The lowest BCUT2D eigenvalue weighted by Crippen LogP contribution is -2.00. The predicted molar refractivity (Wildman–Crippen MR) is 201 cm³/mol. The Morgan fingerprint density at radius 2 is 0.776 bits per heavy atom. The topological polar surface area (TPSA) is 51.8 Å². The smallest absolute Gasteiger partial charge is 0.164 e. The first-order valence-corrected chi connectivity index (χ1v) is 16.4. The van der Waals surface area contributed by atoms with Gasteiger partial charge < -0.3 is 4.42 Å². The molecule has 0 aliphatic heterocycles. The molecule has 10 aromatic rings. The molecule has 10 rings (SSSR count). The number of aromatic nitrogens is 3. The summed E-state index contributed by atoms with van der Waals surface area (Å²) in [4.78, 5) is 15.1. The van der Waals surface area contributed by atoms with Crippen molar-refractivity contribution in [2.24, 2.45) is 0 Å². The van der Waals surface area contributed by atoms with Gasteiger partial charge in [-0.05, 0) is 61.6 Å². The molecule has 0 atom stereocenters. The summed E-state index contributed by atoms with van der Waals surface area (Å²) in [5.41, 5.74) is 6.82. The largest absolute Gasteiger partial charge is 0.456 e. The fourth-order valence-electron chi connectivity index (χ4n) is 7.21. The van der Waals surface area contributed by atoms with Crippen LogP contribution in [0.3, 0.4) is 0 Å². The number of hydrogen-bond donors (Lipinski definition) is 0. The molecule has 2 heterocycles. The molecule has 0 aliphatic carbocycles. The summed E-state index contributed by atoms with van der Waals surface area (Å²) in [6, 6.07) is 56.9. The molecule has 0 aliphatic rings. The van der Waals surface area contributed by atoms with Gasteiger partial charge >= 0.3 is 0 Å². The molecule has 0 saturated heterocycles. The van der Waals surface area contributed by atoms with Crippen LogP contribution >= 0.6 is 0 Å². The Kier molecular flexibility index (Phi) is 6.15. The molecule has 0 unspecified atom stereocenters. The average Bonchev–Trinajstić information content (AvgIpc) is 3.57. The number of nitrogens with zero attached hydrogens (tertiary/aromatic N) is 3. The van der Waals surface area contributed by atoms with Gasteiger partial charge in [0.2, 0.25) is 0 Å². The second-order valence-electron chi connectivity index (χ2n) is 12.4. The highest BCUT2D eigenvalue weighted by molar-refractivity contribution is 6.25. The minimum atomic E-state index is 0.630. The van der Waals surface area contributed by atoms with Crippen molar-refractivity contribution >= 4 is 54.3 Å². The quantitative estimate of drug-likeness (QED) is 0.183. The Bertz CT molecular complexity index is 2840. The molecular formula is C45H27N3O. The SMILES string of the molecule is c1ccc(-c2nc(-c3ccc(-c4cccc5oc6ccccc6c45)cc3)nc(-c3ccc4c5ccccc5c5ccccc5c4c3)n2)cc1. The highest BCUT2D eigenvalue weighted by atomic mass is 16.3. The molecule has 0 amide bonds. The number of furan rings is 1. The van der Waals surface area contributed by atoms with Crippen LogP contribution in [-0.2, 0) is 0 Å². The maximum Gasteiger partial charge on any atom is 0.164 e. The molecule has 4 heteroatoms. The molecule has 8 aromatic carbocycles. The Hall–Kier alpha value is -6.65. The Labute approximate surface area is 282 Å². The van der Waals surface area contributed by atoms with Gasteiger partial charge in [0.15, 0.2) is 17.5 Å². The number of benzene rings is 8. The fourth-order valence-corrected chi connectivity index (χ4v) is 7.21. The lowest BCUT2D eigenvalue weighted by Gasteiger charge is -2.12. The third-order valence-corrected chi connectivity index (χ3v) is 9.53. The number of fused-ring (bicyclic) bond motifs is 9. The average molecular weight is 626 g/mol. The molecule has 0 bridgehead atoms. The Morgan fingerprint density at radius 3 is 1.45 bits per heavy atom. The molecule has 0 saturated carbocycles. The van der Waals surface area contributed by atoms with E-state index in [0.717, 1.165) is 49.8 Å². The summed E-state index contributed by atoms with van der Waals surface area (Å²) in [5.74, 6) is 1.91. The van der Waals surface area contributed by atoms with Crippen molar-refractivity contribution in [1.29, 1.82) is 0 Å². The van der Waals surface area contributed by atoms with Gasteiger partial charge in [-0.1, -0.05) is 146 Å². The van der Waals surface area contributed by atoms with Crippen LogP contribution in [0.25, 0.3) is 99.5 Å². The zero-order valence-electron chi connectivity index (χ0n) is 26.3. The van der Waals surface area contributed by atoms with Crippen LogP contribution < -0.4 is 0 Å². The van der Waals surface area contributed by atoms with Crippen molar-refractivity contribution in [2.75, 3.05) is 0 Å². The van der Waals surface area contributed by atoms with Crippen LogP contribution in [0, 0.1) is 0 Å². The monoisotopic (exact) mass is 625 g/mol. The second-order valence-corrected chi connectivity index (χ2v) is 12.4. The third kappa shape index (κ3) is 4.49. The van der Waals surface area contributed by atoms with Crippen molar-refractivity contribution in [2.45, 2.75) is 0 Å². The Balaban J connectivity index is 1.13. The van der Waals surface area contributed by atoms with Crippen molar-refractivity contribution in [3.8, 4) is 45.3 Å². The van der Waals surface area contributed by atoms with Gasteiger partial charge in [0.1, 0.15) is 11.2 Å². The summed E-state index contributed by atoms with van der Waals surface area (Å²) in [7, 11) is 0.